The van der Waals surface area contributed by atoms with Crippen molar-refractivity contribution in [2.75, 3.05) is 18.0 Å². The van der Waals surface area contributed by atoms with Crippen molar-refractivity contribution < 1.29 is 5.11 Å². The molecule has 4 heterocycles. The molecule has 9 nitrogen and oxygen atoms in total. The molecule has 0 bridgehead atoms. The van der Waals surface area contributed by atoms with E-state index in [1.54, 1.807) is 9.20 Å². The first-order valence-corrected chi connectivity index (χ1v) is 8.55. The van der Waals surface area contributed by atoms with Gasteiger partial charge in [0.15, 0.2) is 11.5 Å². The Morgan fingerprint density at radius 1 is 1.20 bits per heavy atom. The molecule has 3 aromatic heterocycles. The van der Waals surface area contributed by atoms with Crippen LogP contribution in [0.2, 0.25) is 0 Å². The summed E-state index contributed by atoms with van der Waals surface area (Å²) in [5, 5.41) is 32.2. The van der Waals surface area contributed by atoms with E-state index in [4.69, 9.17) is 0 Å². The highest BCUT2D eigenvalue weighted by Crippen LogP contribution is 2.32. The predicted octanol–water partition coefficient (Wildman–Crippen LogP) is 1.09. The largest absolute Gasteiger partial charge is 0.382 e. The lowest BCUT2D eigenvalue weighted by atomic mass is 9.90. The molecule has 25 heavy (non-hydrogen) atoms. The molecule has 1 unspecified atom stereocenters. The summed E-state index contributed by atoms with van der Waals surface area (Å²) >= 11 is 0. The molecule has 1 aliphatic rings. The molecule has 1 atom stereocenters. The minimum absolute atomic E-state index is 0.213. The summed E-state index contributed by atoms with van der Waals surface area (Å²) in [6.07, 6.45) is 3.36. The molecule has 1 saturated heterocycles. The number of rotatable bonds is 3. The van der Waals surface area contributed by atoms with Crippen LogP contribution in [0.4, 0.5) is 5.82 Å². The van der Waals surface area contributed by atoms with E-state index in [-0.39, 0.29) is 6.04 Å². The number of piperidine rings is 1. The normalized spacial score (nSPS) is 21.4. The molecule has 9 heteroatoms. The third-order valence-corrected chi connectivity index (χ3v) is 4.72. The van der Waals surface area contributed by atoms with Gasteiger partial charge in [-0.3, -0.25) is 0 Å². The lowest BCUT2D eigenvalue weighted by Gasteiger charge is -2.38. The number of aryl methyl sites for hydroxylation is 1. The van der Waals surface area contributed by atoms with E-state index in [1.807, 2.05) is 39.1 Å². The Morgan fingerprint density at radius 2 is 2.04 bits per heavy atom. The van der Waals surface area contributed by atoms with Gasteiger partial charge in [0.1, 0.15) is 17.1 Å². The molecular formula is C16H22N8O. The maximum absolute atomic E-state index is 11.2. The molecule has 132 valence electrons. The van der Waals surface area contributed by atoms with Crippen LogP contribution in [0.1, 0.15) is 44.2 Å². The third-order valence-electron chi connectivity index (χ3n) is 4.72. The van der Waals surface area contributed by atoms with Gasteiger partial charge in [0, 0.05) is 12.6 Å². The average Bonchev–Trinajstić information content (AvgIpc) is 3.23. The SMILES string of the molecule is Cc1nnc2ccc(N3CCCC(O)(c4cn(C(C)C)nn4)C3)nn12. The van der Waals surface area contributed by atoms with Crippen LogP contribution < -0.4 is 4.90 Å². The predicted molar refractivity (Wildman–Crippen MR) is 91.3 cm³/mol. The minimum Gasteiger partial charge on any atom is -0.382 e. The Morgan fingerprint density at radius 3 is 2.80 bits per heavy atom. The summed E-state index contributed by atoms with van der Waals surface area (Å²) in [5.41, 5.74) is 0.311. The van der Waals surface area contributed by atoms with Gasteiger partial charge >= 0.3 is 0 Å². The lowest BCUT2D eigenvalue weighted by Crippen LogP contribution is -2.47. The van der Waals surface area contributed by atoms with Crippen molar-refractivity contribution in [1.82, 2.24) is 34.8 Å². The molecule has 0 radical (unpaired) electrons. The summed E-state index contributed by atoms with van der Waals surface area (Å²) < 4.78 is 3.50. The highest BCUT2D eigenvalue weighted by molar-refractivity contribution is 5.46. The Balaban J connectivity index is 1.63. The molecule has 4 rings (SSSR count). The maximum atomic E-state index is 11.2. The monoisotopic (exact) mass is 342 g/mol. The molecular weight excluding hydrogens is 320 g/mol. The standard InChI is InChI=1S/C16H22N8O/c1-11(2)23-9-13(18-21-23)16(25)7-4-8-22(10-16)15-6-5-14-19-17-12(3)24(14)20-15/h5-6,9,11,25H,4,7-8,10H2,1-3H3. The van der Waals surface area contributed by atoms with Crippen LogP contribution >= 0.6 is 0 Å². The molecule has 0 spiro atoms. The Kier molecular flexibility index (Phi) is 3.68. The van der Waals surface area contributed by atoms with Crippen molar-refractivity contribution in [2.24, 2.45) is 0 Å². The van der Waals surface area contributed by atoms with E-state index in [2.05, 4.69) is 30.5 Å². The van der Waals surface area contributed by atoms with Gasteiger partial charge in [-0.15, -0.1) is 20.4 Å². The fourth-order valence-electron chi connectivity index (χ4n) is 3.24. The first-order chi connectivity index (χ1) is 12.0. The van der Waals surface area contributed by atoms with Gasteiger partial charge < -0.3 is 10.0 Å². The van der Waals surface area contributed by atoms with Gasteiger partial charge in [-0.05, 0) is 45.7 Å². The number of nitrogens with zero attached hydrogens (tertiary/aromatic N) is 8. The van der Waals surface area contributed by atoms with E-state index in [9.17, 15) is 5.11 Å². The number of aromatic nitrogens is 7. The van der Waals surface area contributed by atoms with E-state index in [1.165, 1.54) is 0 Å². The second-order valence-electron chi connectivity index (χ2n) is 6.94. The highest BCUT2D eigenvalue weighted by Gasteiger charge is 2.38. The highest BCUT2D eigenvalue weighted by atomic mass is 16.3. The quantitative estimate of drug-likeness (QED) is 0.761. The first-order valence-electron chi connectivity index (χ1n) is 8.55. The van der Waals surface area contributed by atoms with Crippen LogP contribution in [0, 0.1) is 6.92 Å². The number of hydrogen-bond acceptors (Lipinski definition) is 7. The second kappa shape index (κ2) is 5.76. The minimum atomic E-state index is -1.02. The number of hydrogen-bond donors (Lipinski definition) is 1. The van der Waals surface area contributed by atoms with Gasteiger partial charge in [-0.1, -0.05) is 5.21 Å². The van der Waals surface area contributed by atoms with E-state index in [0.717, 1.165) is 24.6 Å². The van der Waals surface area contributed by atoms with Crippen LogP contribution in [0.5, 0.6) is 0 Å². The second-order valence-corrected chi connectivity index (χ2v) is 6.94. The van der Waals surface area contributed by atoms with Crippen molar-refractivity contribution in [1.29, 1.82) is 0 Å². The van der Waals surface area contributed by atoms with E-state index < -0.39 is 5.60 Å². The van der Waals surface area contributed by atoms with Crippen LogP contribution in [-0.4, -0.2) is 53.0 Å². The Bertz CT molecular complexity index is 901. The van der Waals surface area contributed by atoms with Crippen molar-refractivity contribution in [3.8, 4) is 0 Å². The Hall–Kier alpha value is -2.55. The van der Waals surface area contributed by atoms with Crippen molar-refractivity contribution in [2.45, 2.75) is 45.3 Å². The van der Waals surface area contributed by atoms with Crippen molar-refractivity contribution in [3.05, 3.63) is 29.8 Å². The zero-order chi connectivity index (χ0) is 17.6. The molecule has 0 saturated carbocycles. The topological polar surface area (TPSA) is 97.3 Å². The zero-order valence-electron chi connectivity index (χ0n) is 14.7. The number of aliphatic hydroxyl groups is 1. The zero-order valence-corrected chi connectivity index (χ0v) is 14.7. The first kappa shape index (κ1) is 15.9. The lowest BCUT2D eigenvalue weighted by molar-refractivity contribution is 0.0174. The third kappa shape index (κ3) is 2.74. The van der Waals surface area contributed by atoms with Gasteiger partial charge in [-0.25, -0.2) is 4.68 Å². The average molecular weight is 342 g/mol. The Labute approximate surface area is 145 Å². The van der Waals surface area contributed by atoms with Gasteiger partial charge in [-0.2, -0.15) is 4.52 Å². The smallest absolute Gasteiger partial charge is 0.178 e. The van der Waals surface area contributed by atoms with Gasteiger partial charge in [0.25, 0.3) is 0 Å². The van der Waals surface area contributed by atoms with E-state index >= 15 is 0 Å². The number of β-amino-alcohol motifs (C(OH)–C–C–N with tert-alkyl or cyclic N) is 1. The molecule has 1 N–H and O–H groups in total. The van der Waals surface area contributed by atoms with Crippen molar-refractivity contribution >= 4 is 11.5 Å². The molecule has 1 aliphatic heterocycles. The summed E-state index contributed by atoms with van der Waals surface area (Å²) in [6, 6.07) is 4.02. The maximum Gasteiger partial charge on any atom is 0.178 e. The summed E-state index contributed by atoms with van der Waals surface area (Å²) in [6.45, 7) is 7.21. The van der Waals surface area contributed by atoms with Crippen LogP contribution in [0.3, 0.4) is 0 Å². The molecule has 3 aromatic rings. The van der Waals surface area contributed by atoms with Gasteiger partial charge in [0.05, 0.1) is 12.7 Å². The molecule has 0 aliphatic carbocycles. The molecule has 0 amide bonds. The molecule has 1 fully saturated rings. The molecule has 0 aromatic carbocycles. The number of anilines is 1. The van der Waals surface area contributed by atoms with Crippen LogP contribution in [0.25, 0.3) is 5.65 Å². The fraction of sp³-hybridized carbons (Fsp3) is 0.562. The number of fused-ring (bicyclic) bond motifs is 1. The summed E-state index contributed by atoms with van der Waals surface area (Å²) in [7, 11) is 0. The van der Waals surface area contributed by atoms with Crippen LogP contribution in [-0.2, 0) is 5.60 Å². The van der Waals surface area contributed by atoms with Crippen LogP contribution in [0.15, 0.2) is 18.3 Å². The van der Waals surface area contributed by atoms with E-state index in [0.29, 0.717) is 24.3 Å². The fourth-order valence-corrected chi connectivity index (χ4v) is 3.24. The summed E-state index contributed by atoms with van der Waals surface area (Å²) in [5.74, 6) is 1.54. The van der Waals surface area contributed by atoms with Gasteiger partial charge in [0.2, 0.25) is 0 Å². The van der Waals surface area contributed by atoms with Crippen molar-refractivity contribution in [3.63, 3.8) is 0 Å². The summed E-state index contributed by atoms with van der Waals surface area (Å²) in [4.78, 5) is 2.08.